The molecule has 24 heavy (non-hydrogen) atoms. The maximum Gasteiger partial charge on any atom is 0.303 e. The van der Waals surface area contributed by atoms with Gasteiger partial charge in [0.15, 0.2) is 0 Å². The Morgan fingerprint density at radius 1 is 1.12 bits per heavy atom. The van der Waals surface area contributed by atoms with E-state index < -0.39 is 5.97 Å². The van der Waals surface area contributed by atoms with Crippen LogP contribution < -0.4 is 0 Å². The molecule has 1 N–H and O–H groups in total. The van der Waals surface area contributed by atoms with Crippen molar-refractivity contribution >= 4 is 22.8 Å². The van der Waals surface area contributed by atoms with E-state index in [-0.39, 0.29) is 24.7 Å². The molecule has 0 radical (unpaired) electrons. The third-order valence-corrected chi connectivity index (χ3v) is 4.37. The second kappa shape index (κ2) is 8.67. The average molecular weight is 329 g/mol. The molecule has 0 saturated heterocycles. The third-order valence-electron chi connectivity index (χ3n) is 4.37. The topological polar surface area (TPSA) is 59.3 Å². The fraction of sp³-hybridized carbons (Fsp3) is 0.500. The van der Waals surface area contributed by atoms with Gasteiger partial charge in [0.1, 0.15) is 0 Å². The van der Waals surface area contributed by atoms with E-state index in [4.69, 9.17) is 5.11 Å². The van der Waals surface area contributed by atoms with Gasteiger partial charge in [-0.15, -0.1) is 0 Å². The van der Waals surface area contributed by atoms with Gasteiger partial charge in [-0.1, -0.05) is 51.3 Å². The molecule has 130 valence electrons. The summed E-state index contributed by atoms with van der Waals surface area (Å²) < 4.78 is 1.81. The van der Waals surface area contributed by atoms with Crippen molar-refractivity contribution in [3.8, 4) is 0 Å². The van der Waals surface area contributed by atoms with Gasteiger partial charge in [-0.05, 0) is 30.9 Å². The van der Waals surface area contributed by atoms with Crippen LogP contribution in [0.1, 0.15) is 62.9 Å². The van der Waals surface area contributed by atoms with E-state index in [1.807, 2.05) is 31.2 Å². The maximum absolute atomic E-state index is 12.8. The molecular weight excluding hydrogens is 302 g/mol. The van der Waals surface area contributed by atoms with Crippen molar-refractivity contribution in [3.63, 3.8) is 0 Å². The lowest BCUT2D eigenvalue weighted by Crippen LogP contribution is -2.18. The molecule has 4 heteroatoms. The number of hydrogen-bond acceptors (Lipinski definition) is 2. The van der Waals surface area contributed by atoms with E-state index in [1.54, 1.807) is 4.57 Å². The highest BCUT2D eigenvalue weighted by atomic mass is 16.4. The second-order valence-electron chi connectivity index (χ2n) is 6.64. The summed E-state index contributed by atoms with van der Waals surface area (Å²) in [6, 6.07) is 10.00. The summed E-state index contributed by atoms with van der Waals surface area (Å²) in [5.74, 6) is -1.02. The summed E-state index contributed by atoms with van der Waals surface area (Å²) in [7, 11) is 0. The predicted molar refractivity (Wildman–Crippen MR) is 96.4 cm³/mol. The smallest absolute Gasteiger partial charge is 0.303 e. The first-order valence-corrected chi connectivity index (χ1v) is 8.87. The molecule has 0 spiro atoms. The Morgan fingerprint density at radius 2 is 1.88 bits per heavy atom. The number of carbonyl (C=O) groups is 2. The highest BCUT2D eigenvalue weighted by molar-refractivity contribution is 5.94. The highest BCUT2D eigenvalue weighted by Crippen LogP contribution is 2.23. The van der Waals surface area contributed by atoms with Crippen LogP contribution in [-0.4, -0.2) is 21.6 Å². The summed E-state index contributed by atoms with van der Waals surface area (Å²) in [4.78, 5) is 23.6. The minimum absolute atomic E-state index is 0.00422. The molecule has 0 fully saturated rings. The molecule has 0 bridgehead atoms. The molecule has 0 aliphatic carbocycles. The monoisotopic (exact) mass is 329 g/mol. The van der Waals surface area contributed by atoms with Crippen LogP contribution in [0.4, 0.5) is 0 Å². The predicted octanol–water partition coefficient (Wildman–Crippen LogP) is 4.91. The maximum atomic E-state index is 12.8. The van der Waals surface area contributed by atoms with Crippen LogP contribution in [0.3, 0.4) is 0 Å². The number of fused-ring (bicyclic) bond motifs is 1. The van der Waals surface area contributed by atoms with E-state index in [0.717, 1.165) is 29.4 Å². The van der Waals surface area contributed by atoms with E-state index in [2.05, 4.69) is 13.0 Å². The minimum Gasteiger partial charge on any atom is -0.481 e. The van der Waals surface area contributed by atoms with Crippen LogP contribution in [0, 0.1) is 5.92 Å². The van der Waals surface area contributed by atoms with E-state index >= 15 is 0 Å². The van der Waals surface area contributed by atoms with Crippen molar-refractivity contribution in [2.45, 2.75) is 58.8 Å². The minimum atomic E-state index is -0.854. The van der Waals surface area contributed by atoms with Crippen molar-refractivity contribution in [1.82, 2.24) is 4.57 Å². The third kappa shape index (κ3) is 4.70. The standard InChI is InChI=1S/C20H27NO3/c1-3-4-5-6-10-17-14-16-9-7-8-11-18(16)21(17)19(22)12-15(2)13-20(23)24/h7-9,11,14-15H,3-6,10,12-13H2,1-2H3,(H,23,24)/t15-/m0/s1. The van der Waals surface area contributed by atoms with E-state index in [1.165, 1.54) is 19.3 Å². The van der Waals surface area contributed by atoms with Gasteiger partial charge < -0.3 is 5.11 Å². The Bertz CT molecular complexity index is 702. The molecule has 1 aromatic heterocycles. The first kappa shape index (κ1) is 18.2. The first-order valence-electron chi connectivity index (χ1n) is 8.87. The SMILES string of the molecule is CCCCCCc1cc2ccccc2n1C(=O)C[C@H](C)CC(=O)O. The van der Waals surface area contributed by atoms with Crippen LogP contribution in [0.2, 0.25) is 0 Å². The van der Waals surface area contributed by atoms with Crippen molar-refractivity contribution in [2.24, 2.45) is 5.92 Å². The lowest BCUT2D eigenvalue weighted by molar-refractivity contribution is -0.137. The Morgan fingerprint density at radius 3 is 2.58 bits per heavy atom. The number of aliphatic carboxylic acids is 1. The first-order chi connectivity index (χ1) is 11.5. The van der Waals surface area contributed by atoms with Gasteiger partial charge in [0.2, 0.25) is 5.91 Å². The molecule has 0 unspecified atom stereocenters. The number of hydrogen-bond donors (Lipinski definition) is 1. The lowest BCUT2D eigenvalue weighted by atomic mass is 10.0. The van der Waals surface area contributed by atoms with Crippen LogP contribution in [0.25, 0.3) is 10.9 Å². The largest absolute Gasteiger partial charge is 0.481 e. The van der Waals surface area contributed by atoms with Gasteiger partial charge >= 0.3 is 5.97 Å². The van der Waals surface area contributed by atoms with Gasteiger partial charge in [0, 0.05) is 23.9 Å². The summed E-state index contributed by atoms with van der Waals surface area (Å²) in [6.07, 6.45) is 5.81. The van der Waals surface area contributed by atoms with Crippen LogP contribution in [0.15, 0.2) is 30.3 Å². The number of carbonyl (C=O) groups excluding carboxylic acids is 1. The number of aryl methyl sites for hydroxylation is 1. The Labute approximate surface area is 143 Å². The summed E-state index contributed by atoms with van der Waals surface area (Å²) >= 11 is 0. The Balaban J connectivity index is 2.21. The van der Waals surface area contributed by atoms with Gasteiger partial charge in [0.25, 0.3) is 0 Å². The van der Waals surface area contributed by atoms with Crippen LogP contribution in [-0.2, 0) is 11.2 Å². The second-order valence-corrected chi connectivity index (χ2v) is 6.64. The Kier molecular flexibility index (Phi) is 6.59. The molecule has 2 rings (SSSR count). The fourth-order valence-electron chi connectivity index (χ4n) is 3.18. The number of para-hydroxylation sites is 1. The van der Waals surface area contributed by atoms with Crippen molar-refractivity contribution in [1.29, 1.82) is 0 Å². The zero-order valence-electron chi connectivity index (χ0n) is 14.6. The fourth-order valence-corrected chi connectivity index (χ4v) is 3.18. The summed E-state index contributed by atoms with van der Waals surface area (Å²) in [6.45, 7) is 4.00. The molecule has 1 aromatic carbocycles. The van der Waals surface area contributed by atoms with Gasteiger partial charge in [-0.25, -0.2) is 0 Å². The number of carboxylic acid groups (broad SMARTS) is 1. The molecule has 0 amide bonds. The lowest BCUT2D eigenvalue weighted by Gasteiger charge is -2.12. The highest BCUT2D eigenvalue weighted by Gasteiger charge is 2.18. The van der Waals surface area contributed by atoms with Crippen molar-refractivity contribution < 1.29 is 14.7 Å². The van der Waals surface area contributed by atoms with E-state index in [9.17, 15) is 9.59 Å². The molecule has 0 aliphatic heterocycles. The number of nitrogens with zero attached hydrogens (tertiary/aromatic N) is 1. The average Bonchev–Trinajstić information content (AvgIpc) is 2.89. The summed E-state index contributed by atoms with van der Waals surface area (Å²) in [5, 5.41) is 9.97. The number of rotatable bonds is 9. The van der Waals surface area contributed by atoms with Gasteiger partial charge in [-0.2, -0.15) is 0 Å². The number of aromatic nitrogens is 1. The quantitative estimate of drug-likeness (QED) is 0.665. The zero-order chi connectivity index (χ0) is 17.5. The normalized spacial score (nSPS) is 12.4. The number of unbranched alkanes of at least 4 members (excludes halogenated alkanes) is 3. The molecule has 1 heterocycles. The number of carboxylic acids is 1. The molecule has 0 aliphatic rings. The van der Waals surface area contributed by atoms with Crippen molar-refractivity contribution in [3.05, 3.63) is 36.0 Å². The van der Waals surface area contributed by atoms with Crippen molar-refractivity contribution in [2.75, 3.05) is 0 Å². The molecular formula is C20H27NO3. The molecule has 2 aromatic rings. The molecule has 1 atom stereocenters. The zero-order valence-corrected chi connectivity index (χ0v) is 14.6. The van der Waals surface area contributed by atoms with Crippen LogP contribution >= 0.6 is 0 Å². The van der Waals surface area contributed by atoms with Crippen LogP contribution in [0.5, 0.6) is 0 Å². The Hall–Kier alpha value is -2.10. The summed E-state index contributed by atoms with van der Waals surface area (Å²) in [5.41, 5.74) is 1.97. The van der Waals surface area contributed by atoms with Gasteiger partial charge in [0.05, 0.1) is 5.52 Å². The van der Waals surface area contributed by atoms with E-state index in [0.29, 0.717) is 0 Å². The molecule has 0 saturated carbocycles. The molecule has 4 nitrogen and oxygen atoms in total. The van der Waals surface area contributed by atoms with Gasteiger partial charge in [-0.3, -0.25) is 14.2 Å². The number of benzene rings is 1.